The molecule has 1 aliphatic carbocycles. The zero-order valence-electron chi connectivity index (χ0n) is 19.1. The van der Waals surface area contributed by atoms with Crippen LogP contribution in [0.5, 0.6) is 0 Å². The van der Waals surface area contributed by atoms with E-state index in [2.05, 4.69) is 47.6 Å². The van der Waals surface area contributed by atoms with E-state index in [9.17, 15) is 19.2 Å². The molecular formula is C24H33FN2O2Si. The predicted molar refractivity (Wildman–Crippen MR) is 119 cm³/mol. The molecule has 0 saturated heterocycles. The van der Waals surface area contributed by atoms with E-state index in [1.165, 1.54) is 30.0 Å². The highest BCUT2D eigenvalue weighted by Crippen LogP contribution is 2.64. The van der Waals surface area contributed by atoms with Crippen molar-refractivity contribution in [3.05, 3.63) is 29.6 Å². The van der Waals surface area contributed by atoms with Crippen molar-refractivity contribution >= 4 is 25.6 Å². The summed E-state index contributed by atoms with van der Waals surface area (Å²) in [6, 6.07) is 6.58. The third-order valence-corrected chi connectivity index (χ3v) is 16.0. The predicted octanol–water partition coefficient (Wildman–Crippen LogP) is 5.94. The molecule has 2 aliphatic rings. The number of nitriles is 1. The van der Waals surface area contributed by atoms with E-state index < -0.39 is 25.2 Å². The fourth-order valence-electron chi connectivity index (χ4n) is 7.39. The first-order valence-electron chi connectivity index (χ1n) is 11.0. The molecule has 0 bridgehead atoms. The van der Waals surface area contributed by atoms with E-state index in [-0.39, 0.29) is 17.4 Å². The Kier molecular flexibility index (Phi) is 5.74. The molecule has 2 amide bonds. The second-order valence-electron chi connectivity index (χ2n) is 10.1. The van der Waals surface area contributed by atoms with Gasteiger partial charge in [0.2, 0.25) is 11.8 Å². The molecule has 1 spiro atoms. The number of carbonyl (C=O) groups excluding carboxylic acids is 2. The van der Waals surface area contributed by atoms with Crippen LogP contribution in [-0.4, -0.2) is 19.9 Å². The molecule has 1 aliphatic heterocycles. The first-order valence-corrected chi connectivity index (χ1v) is 13.3. The molecule has 30 heavy (non-hydrogen) atoms. The van der Waals surface area contributed by atoms with E-state index in [0.717, 1.165) is 0 Å². The number of halogens is 1. The number of hydrogen-bond acceptors (Lipinski definition) is 3. The molecule has 1 fully saturated rings. The van der Waals surface area contributed by atoms with Gasteiger partial charge in [0.25, 0.3) is 0 Å². The van der Waals surface area contributed by atoms with Gasteiger partial charge in [-0.1, -0.05) is 58.2 Å². The first-order chi connectivity index (χ1) is 14.0. The third-order valence-electron chi connectivity index (χ3n) is 8.13. The van der Waals surface area contributed by atoms with Crippen LogP contribution in [0, 0.1) is 23.1 Å². The standard InChI is InChI=1S/C24H33FN2O2Si/c1-14(2)30(15(3)4,16(5)6)20-10-18(13-26)24(12-20)21-11-19(25)8-9-22(21)27(17(7)28)23(24)29/h8-9,11,14-16,18,20H,10,12H2,1-7H3/t18-,20-,24+/m1/s1. The molecule has 1 heterocycles. The lowest BCUT2D eigenvalue weighted by Gasteiger charge is -2.48. The topological polar surface area (TPSA) is 61.2 Å². The molecule has 0 aromatic heterocycles. The van der Waals surface area contributed by atoms with E-state index in [4.69, 9.17) is 0 Å². The van der Waals surface area contributed by atoms with Crippen molar-refractivity contribution in [3.63, 3.8) is 0 Å². The van der Waals surface area contributed by atoms with Gasteiger partial charge in [0.1, 0.15) is 5.82 Å². The number of rotatable bonds is 4. The fourth-order valence-corrected chi connectivity index (χ4v) is 15.5. The van der Waals surface area contributed by atoms with Gasteiger partial charge < -0.3 is 0 Å². The summed E-state index contributed by atoms with van der Waals surface area (Å²) in [4.78, 5) is 27.3. The van der Waals surface area contributed by atoms with Gasteiger partial charge in [0, 0.05) is 6.92 Å². The van der Waals surface area contributed by atoms with Gasteiger partial charge in [-0.3, -0.25) is 9.59 Å². The number of imide groups is 1. The van der Waals surface area contributed by atoms with E-state index in [1.807, 2.05) is 0 Å². The third kappa shape index (κ3) is 2.81. The van der Waals surface area contributed by atoms with Gasteiger partial charge in [-0.25, -0.2) is 9.29 Å². The molecule has 0 unspecified atom stereocenters. The second kappa shape index (κ2) is 7.60. The lowest BCUT2D eigenvalue weighted by molar-refractivity contribution is -0.128. The molecule has 162 valence electrons. The van der Waals surface area contributed by atoms with Crippen LogP contribution in [-0.2, 0) is 15.0 Å². The number of anilines is 1. The van der Waals surface area contributed by atoms with Crippen LogP contribution in [0.25, 0.3) is 0 Å². The van der Waals surface area contributed by atoms with Crippen LogP contribution in [0.4, 0.5) is 10.1 Å². The Balaban J connectivity index is 2.24. The van der Waals surface area contributed by atoms with Gasteiger partial charge in [-0.05, 0) is 42.1 Å². The van der Waals surface area contributed by atoms with Crippen molar-refractivity contribution in [3.8, 4) is 6.07 Å². The second-order valence-corrected chi connectivity index (χ2v) is 16.4. The zero-order chi connectivity index (χ0) is 22.6. The number of hydrogen-bond donors (Lipinski definition) is 0. The number of carbonyl (C=O) groups is 2. The van der Waals surface area contributed by atoms with Crippen LogP contribution < -0.4 is 4.90 Å². The minimum Gasteiger partial charge on any atom is -0.274 e. The Labute approximate surface area is 180 Å². The summed E-state index contributed by atoms with van der Waals surface area (Å²) in [5.74, 6) is -1.72. The normalized spacial score (nSPS) is 26.2. The number of fused-ring (bicyclic) bond motifs is 2. The maximum absolute atomic E-state index is 14.3. The highest BCUT2D eigenvalue weighted by Gasteiger charge is 2.65. The molecule has 0 radical (unpaired) electrons. The van der Waals surface area contributed by atoms with Crippen molar-refractivity contribution in [1.29, 1.82) is 5.26 Å². The summed E-state index contributed by atoms with van der Waals surface area (Å²) in [6.07, 6.45) is 1.18. The summed E-state index contributed by atoms with van der Waals surface area (Å²) in [5, 5.41) is 10.1. The Morgan fingerprint density at radius 3 is 2.23 bits per heavy atom. The van der Waals surface area contributed by atoms with Gasteiger partial charge in [0.15, 0.2) is 0 Å². The maximum atomic E-state index is 14.3. The lowest BCUT2D eigenvalue weighted by atomic mass is 9.73. The van der Waals surface area contributed by atoms with Crippen LogP contribution in [0.3, 0.4) is 0 Å². The monoisotopic (exact) mass is 428 g/mol. The molecular weight excluding hydrogens is 395 g/mol. The van der Waals surface area contributed by atoms with Crippen molar-refractivity contribution < 1.29 is 14.0 Å². The minimum absolute atomic E-state index is 0.258. The van der Waals surface area contributed by atoms with Gasteiger partial charge >= 0.3 is 0 Å². The van der Waals surface area contributed by atoms with Crippen LogP contribution >= 0.6 is 0 Å². The van der Waals surface area contributed by atoms with E-state index in [0.29, 0.717) is 40.7 Å². The van der Waals surface area contributed by atoms with Gasteiger partial charge in [-0.2, -0.15) is 5.26 Å². The van der Waals surface area contributed by atoms with Crippen molar-refractivity contribution in [2.45, 2.75) is 88.9 Å². The fraction of sp³-hybridized carbons (Fsp3) is 0.625. The van der Waals surface area contributed by atoms with Gasteiger partial charge in [0.05, 0.1) is 31.2 Å². The summed E-state index contributed by atoms with van der Waals surface area (Å²) >= 11 is 0. The molecule has 1 saturated carbocycles. The number of amides is 2. The Morgan fingerprint density at radius 1 is 1.20 bits per heavy atom. The quantitative estimate of drug-likeness (QED) is 0.558. The number of nitrogens with zero attached hydrogens (tertiary/aromatic N) is 2. The summed E-state index contributed by atoms with van der Waals surface area (Å²) in [7, 11) is -1.96. The SMILES string of the molecule is CC(=O)N1C(=O)[C@]2(C[C@H]([Si](C(C)C)(C(C)C)C(C)C)C[C@@H]2C#N)c2cc(F)ccc21. The lowest BCUT2D eigenvalue weighted by Crippen LogP contribution is -2.49. The maximum Gasteiger partial charge on any atom is 0.245 e. The Bertz CT molecular complexity index is 898. The molecule has 6 heteroatoms. The van der Waals surface area contributed by atoms with Crippen LogP contribution in [0.1, 0.15) is 66.9 Å². The zero-order valence-corrected chi connectivity index (χ0v) is 20.1. The Morgan fingerprint density at radius 2 is 1.77 bits per heavy atom. The molecule has 3 rings (SSSR count). The molecule has 1 aromatic rings. The number of benzene rings is 1. The van der Waals surface area contributed by atoms with Crippen molar-refractivity contribution in [2.24, 2.45) is 5.92 Å². The summed E-state index contributed by atoms with van der Waals surface area (Å²) < 4.78 is 14.3. The minimum atomic E-state index is -1.96. The van der Waals surface area contributed by atoms with Crippen LogP contribution in [0.2, 0.25) is 22.2 Å². The van der Waals surface area contributed by atoms with Gasteiger partial charge in [-0.15, -0.1) is 0 Å². The molecule has 1 aromatic carbocycles. The van der Waals surface area contributed by atoms with Crippen molar-refractivity contribution in [1.82, 2.24) is 0 Å². The summed E-state index contributed by atoms with van der Waals surface area (Å²) in [6.45, 7) is 15.0. The van der Waals surface area contributed by atoms with E-state index >= 15 is 0 Å². The average molecular weight is 429 g/mol. The smallest absolute Gasteiger partial charge is 0.245 e. The van der Waals surface area contributed by atoms with Crippen LogP contribution in [0.15, 0.2) is 18.2 Å². The van der Waals surface area contributed by atoms with Crippen molar-refractivity contribution in [2.75, 3.05) is 4.90 Å². The molecule has 4 nitrogen and oxygen atoms in total. The average Bonchev–Trinajstić information content (AvgIpc) is 3.13. The highest BCUT2D eigenvalue weighted by atomic mass is 28.3. The molecule has 0 N–H and O–H groups in total. The molecule has 3 atom stereocenters. The van der Waals surface area contributed by atoms with E-state index in [1.54, 1.807) is 0 Å². The first kappa shape index (κ1) is 22.7. The summed E-state index contributed by atoms with van der Waals surface area (Å²) in [5.41, 5.74) is 1.57. The highest BCUT2D eigenvalue weighted by molar-refractivity contribution is 6.84. The Hall–Kier alpha value is -2.00. The largest absolute Gasteiger partial charge is 0.274 e.